The monoisotopic (exact) mass is 272 g/mol. The van der Waals surface area contributed by atoms with Crippen LogP contribution in [-0.2, 0) is 4.79 Å². The minimum atomic E-state index is -0.00819. The molecule has 0 aliphatic heterocycles. The predicted octanol–water partition coefficient (Wildman–Crippen LogP) is 3.37. The quantitative estimate of drug-likeness (QED) is 0.870. The van der Waals surface area contributed by atoms with Gasteiger partial charge in [-0.2, -0.15) is 0 Å². The first-order chi connectivity index (χ1) is 9.31. The summed E-state index contributed by atoms with van der Waals surface area (Å²) in [6.45, 7) is 0. The molecule has 3 nitrogen and oxygen atoms in total. The van der Waals surface area contributed by atoms with Crippen molar-refractivity contribution in [3.8, 4) is 0 Å². The third kappa shape index (κ3) is 3.01. The minimum absolute atomic E-state index is 0.00819. The van der Waals surface area contributed by atoms with Gasteiger partial charge >= 0.3 is 0 Å². The van der Waals surface area contributed by atoms with E-state index < -0.39 is 0 Å². The van der Waals surface area contributed by atoms with Gasteiger partial charge in [0.2, 0.25) is 5.91 Å². The zero-order valence-electron chi connectivity index (χ0n) is 10.6. The van der Waals surface area contributed by atoms with E-state index in [9.17, 15) is 4.79 Å². The second kappa shape index (κ2) is 5.53. The minimum Gasteiger partial charge on any atom is -0.350 e. The summed E-state index contributed by atoms with van der Waals surface area (Å²) in [5.41, 5.74) is 0.989. The van der Waals surface area contributed by atoms with Crippen molar-refractivity contribution in [1.29, 1.82) is 0 Å². The van der Waals surface area contributed by atoms with Gasteiger partial charge < -0.3 is 5.32 Å². The molecular weight excluding hydrogens is 256 g/mol. The molecule has 1 aromatic heterocycles. The average Bonchev–Trinajstić information content (AvgIpc) is 3.04. The molecule has 1 N–H and O–H groups in total. The Hall–Kier alpha value is -1.68. The number of aromatic nitrogens is 1. The van der Waals surface area contributed by atoms with Crippen molar-refractivity contribution in [3.05, 3.63) is 35.3 Å². The maximum Gasteiger partial charge on any atom is 0.244 e. The highest BCUT2D eigenvalue weighted by Gasteiger charge is 2.15. The zero-order valence-corrected chi connectivity index (χ0v) is 11.5. The lowest BCUT2D eigenvalue weighted by Gasteiger charge is -2.08. The molecule has 1 amide bonds. The molecule has 1 heterocycles. The SMILES string of the molecule is O=C(/C=C/c1nc2ccccc2s1)NC1CCCC1. The highest BCUT2D eigenvalue weighted by atomic mass is 32.1. The van der Waals surface area contributed by atoms with Crippen molar-refractivity contribution >= 4 is 33.5 Å². The fourth-order valence-electron chi connectivity index (χ4n) is 2.43. The molecule has 0 unspecified atom stereocenters. The molecule has 3 rings (SSSR count). The fraction of sp³-hybridized carbons (Fsp3) is 0.333. The van der Waals surface area contributed by atoms with Gasteiger partial charge in [-0.15, -0.1) is 11.3 Å². The number of carbonyl (C=O) groups is 1. The number of fused-ring (bicyclic) bond motifs is 1. The summed E-state index contributed by atoms with van der Waals surface area (Å²) >= 11 is 1.60. The van der Waals surface area contributed by atoms with E-state index in [0.29, 0.717) is 6.04 Å². The van der Waals surface area contributed by atoms with E-state index in [1.165, 1.54) is 12.8 Å². The summed E-state index contributed by atoms with van der Waals surface area (Å²) in [5, 5.41) is 3.91. The average molecular weight is 272 g/mol. The van der Waals surface area contributed by atoms with Crippen LogP contribution < -0.4 is 5.32 Å². The Balaban J connectivity index is 1.66. The van der Waals surface area contributed by atoms with E-state index in [1.54, 1.807) is 23.5 Å². The molecule has 1 fully saturated rings. The van der Waals surface area contributed by atoms with Crippen LogP contribution in [0.1, 0.15) is 30.7 Å². The van der Waals surface area contributed by atoms with Crippen LogP contribution in [0.5, 0.6) is 0 Å². The van der Waals surface area contributed by atoms with Crippen LogP contribution in [0, 0.1) is 0 Å². The topological polar surface area (TPSA) is 42.0 Å². The first kappa shape index (κ1) is 12.4. The maximum atomic E-state index is 11.8. The molecule has 1 aromatic carbocycles. The summed E-state index contributed by atoms with van der Waals surface area (Å²) < 4.78 is 1.15. The number of hydrogen-bond acceptors (Lipinski definition) is 3. The summed E-state index contributed by atoms with van der Waals surface area (Å²) in [6, 6.07) is 8.38. The van der Waals surface area contributed by atoms with Gasteiger partial charge in [0, 0.05) is 12.1 Å². The number of benzene rings is 1. The summed E-state index contributed by atoms with van der Waals surface area (Å²) in [4.78, 5) is 16.2. The first-order valence-corrected chi connectivity index (χ1v) is 7.47. The molecule has 0 spiro atoms. The fourth-order valence-corrected chi connectivity index (χ4v) is 3.30. The predicted molar refractivity (Wildman–Crippen MR) is 79.1 cm³/mol. The maximum absolute atomic E-state index is 11.8. The standard InChI is InChI=1S/C15H16N2OS/c18-14(16-11-5-1-2-6-11)9-10-15-17-12-7-3-4-8-13(12)19-15/h3-4,7-11H,1-2,5-6H2,(H,16,18)/b10-9+. The Labute approximate surface area is 116 Å². The molecule has 2 aromatic rings. The Kier molecular flexibility index (Phi) is 3.60. The zero-order chi connectivity index (χ0) is 13.1. The van der Waals surface area contributed by atoms with E-state index in [4.69, 9.17) is 0 Å². The highest BCUT2D eigenvalue weighted by Crippen LogP contribution is 2.22. The summed E-state index contributed by atoms with van der Waals surface area (Å²) in [7, 11) is 0. The number of carbonyl (C=O) groups excluding carboxylic acids is 1. The smallest absolute Gasteiger partial charge is 0.244 e. The molecule has 0 saturated heterocycles. The Morgan fingerprint density at radius 2 is 2.11 bits per heavy atom. The van der Waals surface area contributed by atoms with Crippen molar-refractivity contribution in [1.82, 2.24) is 10.3 Å². The van der Waals surface area contributed by atoms with Crippen molar-refractivity contribution in [2.45, 2.75) is 31.7 Å². The molecule has 0 radical (unpaired) electrons. The molecule has 4 heteroatoms. The van der Waals surface area contributed by atoms with Crippen molar-refractivity contribution < 1.29 is 4.79 Å². The van der Waals surface area contributed by atoms with Gasteiger partial charge in [0.1, 0.15) is 5.01 Å². The Bertz CT molecular complexity index is 578. The molecule has 1 saturated carbocycles. The van der Waals surface area contributed by atoms with Crippen LogP contribution in [0.4, 0.5) is 0 Å². The first-order valence-electron chi connectivity index (χ1n) is 6.65. The van der Waals surface area contributed by atoms with Gasteiger partial charge in [-0.05, 0) is 31.1 Å². The van der Waals surface area contributed by atoms with Crippen molar-refractivity contribution in [3.63, 3.8) is 0 Å². The molecule has 0 bridgehead atoms. The molecule has 1 aliphatic rings. The number of rotatable bonds is 3. The van der Waals surface area contributed by atoms with Gasteiger partial charge in [-0.1, -0.05) is 25.0 Å². The molecule has 98 valence electrons. The van der Waals surface area contributed by atoms with Gasteiger partial charge in [0.15, 0.2) is 0 Å². The van der Waals surface area contributed by atoms with Crippen LogP contribution in [-0.4, -0.2) is 16.9 Å². The van der Waals surface area contributed by atoms with E-state index >= 15 is 0 Å². The number of nitrogens with one attached hydrogen (secondary N) is 1. The Morgan fingerprint density at radius 3 is 2.89 bits per heavy atom. The molecule has 1 aliphatic carbocycles. The van der Waals surface area contributed by atoms with Crippen LogP contribution >= 0.6 is 11.3 Å². The third-order valence-electron chi connectivity index (χ3n) is 3.39. The van der Waals surface area contributed by atoms with Gasteiger partial charge in [0.25, 0.3) is 0 Å². The molecule has 0 atom stereocenters. The largest absolute Gasteiger partial charge is 0.350 e. The lowest BCUT2D eigenvalue weighted by molar-refractivity contribution is -0.117. The lowest BCUT2D eigenvalue weighted by Crippen LogP contribution is -2.30. The van der Waals surface area contributed by atoms with E-state index in [2.05, 4.69) is 10.3 Å². The van der Waals surface area contributed by atoms with Crippen LogP contribution in [0.3, 0.4) is 0 Å². The third-order valence-corrected chi connectivity index (χ3v) is 4.39. The van der Waals surface area contributed by atoms with Crippen LogP contribution in [0.15, 0.2) is 30.3 Å². The number of thiazole rings is 1. The van der Waals surface area contributed by atoms with Crippen molar-refractivity contribution in [2.24, 2.45) is 0 Å². The van der Waals surface area contributed by atoms with Crippen LogP contribution in [0.2, 0.25) is 0 Å². The Morgan fingerprint density at radius 1 is 1.32 bits per heavy atom. The van der Waals surface area contributed by atoms with E-state index in [-0.39, 0.29) is 5.91 Å². The number of hydrogen-bond donors (Lipinski definition) is 1. The lowest BCUT2D eigenvalue weighted by atomic mass is 10.2. The van der Waals surface area contributed by atoms with Gasteiger partial charge in [0.05, 0.1) is 10.2 Å². The highest BCUT2D eigenvalue weighted by molar-refractivity contribution is 7.19. The van der Waals surface area contributed by atoms with Crippen molar-refractivity contribution in [2.75, 3.05) is 0 Å². The number of amides is 1. The second-order valence-corrected chi connectivity index (χ2v) is 5.91. The number of para-hydroxylation sites is 1. The van der Waals surface area contributed by atoms with Gasteiger partial charge in [-0.3, -0.25) is 4.79 Å². The van der Waals surface area contributed by atoms with E-state index in [0.717, 1.165) is 28.1 Å². The number of nitrogens with zero attached hydrogens (tertiary/aromatic N) is 1. The molecular formula is C15H16N2OS. The summed E-state index contributed by atoms with van der Waals surface area (Å²) in [5.74, 6) is -0.00819. The van der Waals surface area contributed by atoms with Gasteiger partial charge in [-0.25, -0.2) is 4.98 Å². The molecule has 19 heavy (non-hydrogen) atoms. The van der Waals surface area contributed by atoms with E-state index in [1.807, 2.05) is 24.3 Å². The van der Waals surface area contributed by atoms with Crippen LogP contribution in [0.25, 0.3) is 16.3 Å². The summed E-state index contributed by atoms with van der Waals surface area (Å²) in [6.07, 6.45) is 8.07. The normalized spacial score (nSPS) is 16.4. The second-order valence-electron chi connectivity index (χ2n) is 4.84.